The molecule has 2 N–H and O–H groups in total. The Balaban J connectivity index is 2.57. The zero-order chi connectivity index (χ0) is 15.1. The van der Waals surface area contributed by atoms with Gasteiger partial charge in [0.05, 0.1) is 0 Å². The molecule has 1 aromatic carbocycles. The van der Waals surface area contributed by atoms with E-state index >= 15 is 0 Å². The van der Waals surface area contributed by atoms with E-state index in [9.17, 15) is 4.79 Å². The first-order valence-electron chi connectivity index (χ1n) is 6.75. The standard InChI is InChI=1S/C15H23BrN2O2/c1-10-8-13(16)9-11(2)14(10)18-12(3)15(19)17-6-5-7-20-4/h8-9,12,18H,5-7H2,1-4H3,(H,17,19). The third-order valence-corrected chi connectivity index (χ3v) is 3.53. The van der Waals surface area contributed by atoms with Crippen molar-refractivity contribution < 1.29 is 9.53 Å². The fourth-order valence-corrected chi connectivity index (χ4v) is 2.69. The number of carbonyl (C=O) groups excluding carboxylic acids is 1. The van der Waals surface area contributed by atoms with Crippen molar-refractivity contribution in [3.05, 3.63) is 27.7 Å². The third-order valence-electron chi connectivity index (χ3n) is 3.08. The van der Waals surface area contributed by atoms with Crippen molar-refractivity contribution in [3.63, 3.8) is 0 Å². The zero-order valence-electron chi connectivity index (χ0n) is 12.5. The van der Waals surface area contributed by atoms with Crippen LogP contribution in [0.4, 0.5) is 5.69 Å². The molecular formula is C15H23BrN2O2. The van der Waals surface area contributed by atoms with Gasteiger partial charge in [-0.1, -0.05) is 15.9 Å². The first-order chi connectivity index (χ1) is 9.45. The van der Waals surface area contributed by atoms with Crippen LogP contribution in [0.5, 0.6) is 0 Å². The minimum Gasteiger partial charge on any atom is -0.385 e. The van der Waals surface area contributed by atoms with Crippen molar-refractivity contribution in [3.8, 4) is 0 Å². The van der Waals surface area contributed by atoms with Crippen LogP contribution in [-0.2, 0) is 9.53 Å². The van der Waals surface area contributed by atoms with Crippen LogP contribution in [0.1, 0.15) is 24.5 Å². The van der Waals surface area contributed by atoms with Gasteiger partial charge in [-0.3, -0.25) is 4.79 Å². The molecule has 0 aromatic heterocycles. The highest BCUT2D eigenvalue weighted by atomic mass is 79.9. The number of aryl methyl sites for hydroxylation is 2. The quantitative estimate of drug-likeness (QED) is 0.749. The van der Waals surface area contributed by atoms with Gasteiger partial charge in [0.1, 0.15) is 6.04 Å². The van der Waals surface area contributed by atoms with Gasteiger partial charge in [-0.25, -0.2) is 0 Å². The number of hydrogen-bond acceptors (Lipinski definition) is 3. The minimum absolute atomic E-state index is 0.00261. The predicted octanol–water partition coefficient (Wildman–Crippen LogP) is 3.02. The molecule has 0 heterocycles. The summed E-state index contributed by atoms with van der Waals surface area (Å²) in [6.07, 6.45) is 0.825. The first-order valence-corrected chi connectivity index (χ1v) is 7.55. The maximum absolute atomic E-state index is 12.0. The van der Waals surface area contributed by atoms with E-state index in [-0.39, 0.29) is 11.9 Å². The lowest BCUT2D eigenvalue weighted by Crippen LogP contribution is -2.38. The number of methoxy groups -OCH3 is 1. The van der Waals surface area contributed by atoms with Gasteiger partial charge in [0.15, 0.2) is 0 Å². The summed E-state index contributed by atoms with van der Waals surface area (Å²) < 4.78 is 6.00. The van der Waals surface area contributed by atoms with Crippen LogP contribution in [0.25, 0.3) is 0 Å². The number of anilines is 1. The summed E-state index contributed by atoms with van der Waals surface area (Å²) >= 11 is 3.47. The fourth-order valence-electron chi connectivity index (χ4n) is 2.00. The van der Waals surface area contributed by atoms with Crippen molar-refractivity contribution in [2.24, 2.45) is 0 Å². The lowest BCUT2D eigenvalue weighted by molar-refractivity contribution is -0.121. The number of halogens is 1. The van der Waals surface area contributed by atoms with Gasteiger partial charge in [0.2, 0.25) is 5.91 Å². The summed E-state index contributed by atoms with van der Waals surface area (Å²) in [4.78, 5) is 12.0. The number of ether oxygens (including phenoxy) is 1. The van der Waals surface area contributed by atoms with E-state index in [2.05, 4.69) is 26.6 Å². The molecule has 0 aliphatic heterocycles. The largest absolute Gasteiger partial charge is 0.385 e. The normalized spacial score (nSPS) is 12.1. The molecule has 1 atom stereocenters. The Morgan fingerprint density at radius 1 is 1.35 bits per heavy atom. The Morgan fingerprint density at radius 3 is 2.50 bits per heavy atom. The molecule has 112 valence electrons. The second-order valence-electron chi connectivity index (χ2n) is 4.92. The summed E-state index contributed by atoms with van der Waals surface area (Å²) in [6, 6.07) is 3.81. The number of hydrogen-bond donors (Lipinski definition) is 2. The number of benzene rings is 1. The Hall–Kier alpha value is -1.07. The molecule has 1 amide bonds. The molecule has 0 fully saturated rings. The number of carbonyl (C=O) groups is 1. The smallest absolute Gasteiger partial charge is 0.242 e. The molecule has 1 aromatic rings. The van der Waals surface area contributed by atoms with Crippen LogP contribution in [0.3, 0.4) is 0 Å². The average molecular weight is 343 g/mol. The van der Waals surface area contributed by atoms with Gasteiger partial charge in [-0.15, -0.1) is 0 Å². The molecule has 1 rings (SSSR count). The van der Waals surface area contributed by atoms with Gasteiger partial charge in [-0.2, -0.15) is 0 Å². The van der Waals surface area contributed by atoms with E-state index in [1.54, 1.807) is 7.11 Å². The molecule has 0 aliphatic carbocycles. The third kappa shape index (κ3) is 5.13. The lowest BCUT2D eigenvalue weighted by atomic mass is 10.1. The fraction of sp³-hybridized carbons (Fsp3) is 0.533. The summed E-state index contributed by atoms with van der Waals surface area (Å²) in [5, 5.41) is 6.18. The Labute approximate surface area is 129 Å². The highest BCUT2D eigenvalue weighted by molar-refractivity contribution is 9.10. The van der Waals surface area contributed by atoms with E-state index < -0.39 is 0 Å². The summed E-state index contributed by atoms with van der Waals surface area (Å²) in [5.74, 6) is 0.00261. The molecule has 0 radical (unpaired) electrons. The van der Waals surface area contributed by atoms with Crippen LogP contribution in [0.2, 0.25) is 0 Å². The lowest BCUT2D eigenvalue weighted by Gasteiger charge is -2.19. The zero-order valence-corrected chi connectivity index (χ0v) is 14.1. The van der Waals surface area contributed by atoms with Crippen molar-refractivity contribution in [2.45, 2.75) is 33.2 Å². The predicted molar refractivity (Wildman–Crippen MR) is 86.2 cm³/mol. The van der Waals surface area contributed by atoms with Gasteiger partial charge >= 0.3 is 0 Å². The van der Waals surface area contributed by atoms with Crippen molar-refractivity contribution in [1.29, 1.82) is 0 Å². The van der Waals surface area contributed by atoms with Crippen LogP contribution >= 0.6 is 15.9 Å². The number of amides is 1. The second-order valence-corrected chi connectivity index (χ2v) is 5.83. The minimum atomic E-state index is -0.267. The molecule has 0 saturated carbocycles. The Morgan fingerprint density at radius 2 is 1.95 bits per heavy atom. The maximum Gasteiger partial charge on any atom is 0.242 e. The van der Waals surface area contributed by atoms with Crippen LogP contribution in [0, 0.1) is 13.8 Å². The van der Waals surface area contributed by atoms with Gasteiger partial charge in [0.25, 0.3) is 0 Å². The maximum atomic E-state index is 12.0. The number of nitrogens with one attached hydrogen (secondary N) is 2. The molecule has 20 heavy (non-hydrogen) atoms. The topological polar surface area (TPSA) is 50.4 Å². The van der Waals surface area contributed by atoms with Gasteiger partial charge in [-0.05, 0) is 50.5 Å². The molecule has 0 saturated heterocycles. The summed E-state index contributed by atoms with van der Waals surface area (Å²) in [6.45, 7) is 7.23. The van der Waals surface area contributed by atoms with Crippen LogP contribution in [0.15, 0.2) is 16.6 Å². The van der Waals surface area contributed by atoms with E-state index in [1.165, 1.54) is 0 Å². The SMILES string of the molecule is COCCCNC(=O)C(C)Nc1c(C)cc(Br)cc1C. The van der Waals surface area contributed by atoms with Crippen molar-refractivity contribution in [2.75, 3.05) is 25.6 Å². The molecule has 4 nitrogen and oxygen atoms in total. The molecule has 1 unspecified atom stereocenters. The van der Waals surface area contributed by atoms with Crippen LogP contribution in [-0.4, -0.2) is 32.2 Å². The van der Waals surface area contributed by atoms with Gasteiger partial charge in [0, 0.05) is 30.4 Å². The first kappa shape index (κ1) is 17.0. The van der Waals surface area contributed by atoms with Gasteiger partial charge < -0.3 is 15.4 Å². The molecule has 0 bridgehead atoms. The highest BCUT2D eigenvalue weighted by Crippen LogP contribution is 2.25. The Kier molecular flexibility index (Phi) is 7.02. The molecular weight excluding hydrogens is 320 g/mol. The second kappa shape index (κ2) is 8.27. The molecule has 0 spiro atoms. The summed E-state index contributed by atoms with van der Waals surface area (Å²) in [7, 11) is 1.66. The van der Waals surface area contributed by atoms with E-state index in [0.717, 1.165) is 27.7 Å². The monoisotopic (exact) mass is 342 g/mol. The van der Waals surface area contributed by atoms with Crippen LogP contribution < -0.4 is 10.6 Å². The molecule has 0 aliphatic rings. The number of rotatable bonds is 7. The average Bonchev–Trinajstić information content (AvgIpc) is 2.38. The van der Waals surface area contributed by atoms with E-state index in [4.69, 9.17) is 4.74 Å². The van der Waals surface area contributed by atoms with E-state index in [0.29, 0.717) is 13.2 Å². The van der Waals surface area contributed by atoms with Crippen molar-refractivity contribution in [1.82, 2.24) is 5.32 Å². The van der Waals surface area contributed by atoms with Crippen molar-refractivity contribution >= 4 is 27.5 Å². The molecule has 5 heteroatoms. The summed E-state index contributed by atoms with van der Waals surface area (Å²) in [5.41, 5.74) is 3.26. The van der Waals surface area contributed by atoms with E-state index in [1.807, 2.05) is 32.9 Å². The Bertz CT molecular complexity index is 440. The highest BCUT2D eigenvalue weighted by Gasteiger charge is 2.14.